The second-order valence-electron chi connectivity index (χ2n) is 2.56. The lowest BCUT2D eigenvalue weighted by atomic mass is 10.3. The van der Waals surface area contributed by atoms with Crippen LogP contribution in [0.1, 0.15) is 13.8 Å². The van der Waals surface area contributed by atoms with Crippen molar-refractivity contribution < 1.29 is 0 Å². The number of hydrogen-bond donors (Lipinski definition) is 1. The van der Waals surface area contributed by atoms with Crippen molar-refractivity contribution >= 4 is 0 Å². The van der Waals surface area contributed by atoms with E-state index >= 15 is 0 Å². The molecule has 0 fully saturated rings. The van der Waals surface area contributed by atoms with Gasteiger partial charge in [-0.3, -0.25) is 0 Å². The van der Waals surface area contributed by atoms with Crippen LogP contribution < -0.4 is 5.32 Å². The molecule has 0 radical (unpaired) electrons. The molecule has 2 heteroatoms. The molecule has 9 heavy (non-hydrogen) atoms. The van der Waals surface area contributed by atoms with Crippen molar-refractivity contribution in [2.45, 2.75) is 13.8 Å². The van der Waals surface area contributed by atoms with E-state index in [1.54, 1.807) is 0 Å². The summed E-state index contributed by atoms with van der Waals surface area (Å²) < 4.78 is 0. The average molecular weight is 126 g/mol. The highest BCUT2D eigenvalue weighted by atomic mass is 15.2. The van der Waals surface area contributed by atoms with E-state index in [1.807, 2.05) is 0 Å². The molecule has 1 aliphatic rings. The molecular weight excluding hydrogens is 112 g/mol. The Morgan fingerprint density at radius 1 is 1.44 bits per heavy atom. The Balaban J connectivity index is 2.72. The molecule has 0 aliphatic carbocycles. The maximum atomic E-state index is 3.30. The third-order valence-corrected chi connectivity index (χ3v) is 1.95. The van der Waals surface area contributed by atoms with Gasteiger partial charge in [0.1, 0.15) is 0 Å². The fourth-order valence-corrected chi connectivity index (χ4v) is 0.993. The number of rotatable bonds is 0. The van der Waals surface area contributed by atoms with Gasteiger partial charge in [-0.25, -0.2) is 0 Å². The lowest BCUT2D eigenvalue weighted by molar-refractivity contribution is 0.382. The molecule has 0 atom stereocenters. The zero-order valence-corrected chi connectivity index (χ0v) is 6.36. The second-order valence-corrected chi connectivity index (χ2v) is 2.56. The first-order chi connectivity index (χ1) is 4.22. The molecule has 52 valence electrons. The minimum atomic E-state index is 1.08. The van der Waals surface area contributed by atoms with Crippen LogP contribution >= 0.6 is 0 Å². The lowest BCUT2D eigenvalue weighted by Crippen LogP contribution is -2.34. The Labute approximate surface area is 56.5 Å². The van der Waals surface area contributed by atoms with Crippen molar-refractivity contribution in [2.75, 3.05) is 20.1 Å². The van der Waals surface area contributed by atoms with Crippen LogP contribution in [0.15, 0.2) is 11.4 Å². The summed E-state index contributed by atoms with van der Waals surface area (Å²) in [5.41, 5.74) is 2.67. The molecule has 0 saturated carbocycles. The van der Waals surface area contributed by atoms with E-state index in [2.05, 4.69) is 31.1 Å². The fraction of sp³-hybridized carbons (Fsp3) is 0.714. The quantitative estimate of drug-likeness (QED) is 0.516. The zero-order chi connectivity index (χ0) is 6.85. The maximum absolute atomic E-state index is 3.30. The third kappa shape index (κ3) is 1.18. The van der Waals surface area contributed by atoms with E-state index in [0.717, 1.165) is 13.1 Å². The molecule has 0 unspecified atom stereocenters. The Bertz CT molecular complexity index is 138. The normalized spacial score (nSPS) is 20.1. The van der Waals surface area contributed by atoms with Crippen molar-refractivity contribution in [2.24, 2.45) is 0 Å². The summed E-state index contributed by atoms with van der Waals surface area (Å²) in [4.78, 5) is 2.27. The van der Waals surface area contributed by atoms with Gasteiger partial charge in [0.05, 0.1) is 0 Å². The minimum Gasteiger partial charge on any atom is -0.385 e. The standard InChI is InChI=1S/C7H14N2/c1-6-7(2)9(3)5-4-8-6/h8H,4-5H2,1-3H3. The van der Waals surface area contributed by atoms with Crippen molar-refractivity contribution in [3.8, 4) is 0 Å². The molecule has 1 heterocycles. The first kappa shape index (κ1) is 6.46. The monoisotopic (exact) mass is 126 g/mol. The molecule has 2 nitrogen and oxygen atoms in total. The Morgan fingerprint density at radius 2 is 2.11 bits per heavy atom. The summed E-state index contributed by atoms with van der Waals surface area (Å²) in [5, 5.41) is 3.30. The van der Waals surface area contributed by atoms with E-state index in [4.69, 9.17) is 0 Å². The van der Waals surface area contributed by atoms with Crippen LogP contribution in [0, 0.1) is 0 Å². The van der Waals surface area contributed by atoms with E-state index in [1.165, 1.54) is 11.4 Å². The van der Waals surface area contributed by atoms with Crippen LogP contribution in [0.4, 0.5) is 0 Å². The molecule has 1 N–H and O–H groups in total. The largest absolute Gasteiger partial charge is 0.385 e. The van der Waals surface area contributed by atoms with E-state index in [0.29, 0.717) is 0 Å². The fourth-order valence-electron chi connectivity index (χ4n) is 0.993. The van der Waals surface area contributed by atoms with Crippen molar-refractivity contribution in [3.05, 3.63) is 11.4 Å². The van der Waals surface area contributed by atoms with Gasteiger partial charge in [0.2, 0.25) is 0 Å². The average Bonchev–Trinajstić information content (AvgIpc) is 1.83. The summed E-state index contributed by atoms with van der Waals surface area (Å²) in [6.45, 7) is 6.47. The highest BCUT2D eigenvalue weighted by Gasteiger charge is 2.07. The van der Waals surface area contributed by atoms with Gasteiger partial charge in [0.15, 0.2) is 0 Å². The van der Waals surface area contributed by atoms with Crippen LogP contribution in [0.25, 0.3) is 0 Å². The second kappa shape index (κ2) is 2.29. The van der Waals surface area contributed by atoms with Gasteiger partial charge in [-0.15, -0.1) is 0 Å². The first-order valence-corrected chi connectivity index (χ1v) is 3.34. The van der Waals surface area contributed by atoms with Crippen LogP contribution in [-0.2, 0) is 0 Å². The number of nitrogens with one attached hydrogen (secondary N) is 1. The van der Waals surface area contributed by atoms with Gasteiger partial charge < -0.3 is 10.2 Å². The molecule has 0 aromatic carbocycles. The zero-order valence-electron chi connectivity index (χ0n) is 6.36. The summed E-state index contributed by atoms with van der Waals surface area (Å²) in [7, 11) is 2.12. The first-order valence-electron chi connectivity index (χ1n) is 3.34. The molecule has 0 aromatic rings. The van der Waals surface area contributed by atoms with Crippen LogP contribution in [0.2, 0.25) is 0 Å². The van der Waals surface area contributed by atoms with Crippen molar-refractivity contribution in [3.63, 3.8) is 0 Å². The van der Waals surface area contributed by atoms with Gasteiger partial charge in [0, 0.05) is 31.5 Å². The smallest absolute Gasteiger partial charge is 0.0345 e. The van der Waals surface area contributed by atoms with Gasteiger partial charge in [-0.1, -0.05) is 0 Å². The van der Waals surface area contributed by atoms with Crippen LogP contribution in [0.3, 0.4) is 0 Å². The van der Waals surface area contributed by atoms with E-state index in [-0.39, 0.29) is 0 Å². The highest BCUT2D eigenvalue weighted by Crippen LogP contribution is 2.07. The molecule has 0 saturated heterocycles. The van der Waals surface area contributed by atoms with Crippen molar-refractivity contribution in [1.82, 2.24) is 10.2 Å². The molecule has 0 amide bonds. The third-order valence-electron chi connectivity index (χ3n) is 1.95. The Hall–Kier alpha value is -0.660. The highest BCUT2D eigenvalue weighted by molar-refractivity contribution is 5.09. The van der Waals surface area contributed by atoms with Gasteiger partial charge in [-0.05, 0) is 13.8 Å². The summed E-state index contributed by atoms with van der Waals surface area (Å²) in [6.07, 6.45) is 0. The van der Waals surface area contributed by atoms with Gasteiger partial charge >= 0.3 is 0 Å². The predicted octanol–water partition coefficient (Wildman–Crippen LogP) is 0.773. The minimum absolute atomic E-state index is 1.08. The summed E-state index contributed by atoms with van der Waals surface area (Å²) in [6, 6.07) is 0. The number of hydrogen-bond acceptors (Lipinski definition) is 2. The number of likely N-dealkylation sites (N-methyl/N-ethyl adjacent to an activating group) is 1. The van der Waals surface area contributed by atoms with Gasteiger partial charge in [0.25, 0.3) is 0 Å². The molecule has 1 aliphatic heterocycles. The predicted molar refractivity (Wildman–Crippen MR) is 39.0 cm³/mol. The summed E-state index contributed by atoms with van der Waals surface area (Å²) >= 11 is 0. The molecule has 0 bridgehead atoms. The Morgan fingerprint density at radius 3 is 2.56 bits per heavy atom. The van der Waals surface area contributed by atoms with Crippen molar-refractivity contribution in [1.29, 1.82) is 0 Å². The molecule has 0 aromatic heterocycles. The van der Waals surface area contributed by atoms with Gasteiger partial charge in [-0.2, -0.15) is 0 Å². The van der Waals surface area contributed by atoms with Crippen LogP contribution in [-0.4, -0.2) is 25.0 Å². The van der Waals surface area contributed by atoms with Crippen LogP contribution in [0.5, 0.6) is 0 Å². The number of allylic oxidation sites excluding steroid dienone is 2. The van der Waals surface area contributed by atoms with E-state index < -0.39 is 0 Å². The molecule has 1 rings (SSSR count). The lowest BCUT2D eigenvalue weighted by Gasteiger charge is -2.27. The number of nitrogens with zero attached hydrogens (tertiary/aromatic N) is 1. The SMILES string of the molecule is CC1=C(C)N(C)CCN1. The summed E-state index contributed by atoms with van der Waals surface area (Å²) in [5.74, 6) is 0. The maximum Gasteiger partial charge on any atom is 0.0345 e. The van der Waals surface area contributed by atoms with E-state index in [9.17, 15) is 0 Å². The Kier molecular flexibility index (Phi) is 1.65. The molecule has 0 spiro atoms. The molecular formula is C7H14N2. The topological polar surface area (TPSA) is 15.3 Å².